The van der Waals surface area contributed by atoms with Crippen molar-refractivity contribution in [3.63, 3.8) is 0 Å². The van der Waals surface area contributed by atoms with E-state index in [4.69, 9.17) is 4.74 Å². The highest BCUT2D eigenvalue weighted by molar-refractivity contribution is 5.96. The number of ether oxygens (including phenoxy) is 1. The molecular weight excluding hydrogens is 470 g/mol. The standard InChI is InChI=1S/C29H47N3O5/c1-7-8-9-11-25(33)23-12-14-24(15-13-23)37-21-10-16-30-17-19-31(20-18-30)27(34)26(22(2)3)32(28(35)36)29(4,5)6/h12-15,22,26H,7-11,16-21H2,1-6H3,(H,35,36)/t26-/m1/s1. The molecule has 8 nitrogen and oxygen atoms in total. The molecule has 1 aliphatic rings. The number of hydrogen-bond donors (Lipinski definition) is 1. The number of hydrogen-bond acceptors (Lipinski definition) is 5. The summed E-state index contributed by atoms with van der Waals surface area (Å²) in [6.07, 6.45) is 3.52. The van der Waals surface area contributed by atoms with Crippen molar-refractivity contribution >= 4 is 17.8 Å². The SMILES string of the molecule is CCCCCC(=O)c1ccc(OCCCN2CCN(C(=O)[C@@H](C(C)C)N(C(=O)O)C(C)(C)C)CC2)cc1. The van der Waals surface area contributed by atoms with Gasteiger partial charge in [-0.15, -0.1) is 0 Å². The van der Waals surface area contributed by atoms with Gasteiger partial charge in [0.25, 0.3) is 0 Å². The number of carbonyl (C=O) groups excluding carboxylic acids is 2. The van der Waals surface area contributed by atoms with Crippen LogP contribution in [0.25, 0.3) is 0 Å². The van der Waals surface area contributed by atoms with E-state index in [-0.39, 0.29) is 17.6 Å². The number of piperazine rings is 1. The minimum absolute atomic E-state index is 0.109. The van der Waals surface area contributed by atoms with Gasteiger partial charge in [-0.1, -0.05) is 33.6 Å². The highest BCUT2D eigenvalue weighted by Gasteiger charge is 2.41. The molecular formula is C29H47N3O5. The Hall–Kier alpha value is -2.61. The Morgan fingerprint density at radius 2 is 1.62 bits per heavy atom. The van der Waals surface area contributed by atoms with E-state index in [2.05, 4.69) is 11.8 Å². The second kappa shape index (κ2) is 14.4. The minimum atomic E-state index is -1.06. The average Bonchev–Trinajstić information content (AvgIpc) is 2.84. The molecule has 2 amide bonds. The molecule has 0 unspecified atom stereocenters. The van der Waals surface area contributed by atoms with Crippen molar-refractivity contribution < 1.29 is 24.2 Å². The Kier molecular flexibility index (Phi) is 11.9. The van der Waals surface area contributed by atoms with Gasteiger partial charge in [0, 0.05) is 50.2 Å². The van der Waals surface area contributed by atoms with Gasteiger partial charge in [-0.05, 0) is 63.8 Å². The molecule has 1 heterocycles. The summed E-state index contributed by atoms with van der Waals surface area (Å²) in [6, 6.07) is 6.71. The molecule has 208 valence electrons. The van der Waals surface area contributed by atoms with Crippen LogP contribution in [0, 0.1) is 5.92 Å². The zero-order chi connectivity index (χ0) is 27.6. The number of amides is 2. The van der Waals surface area contributed by atoms with Crippen molar-refractivity contribution in [1.82, 2.24) is 14.7 Å². The minimum Gasteiger partial charge on any atom is -0.494 e. The second-order valence-corrected chi connectivity index (χ2v) is 11.3. The van der Waals surface area contributed by atoms with Gasteiger partial charge < -0.3 is 14.7 Å². The number of Topliss-reactive ketones (excluding diaryl/α,β-unsaturated/α-hetero) is 1. The normalized spacial score (nSPS) is 15.5. The van der Waals surface area contributed by atoms with Gasteiger partial charge in [0.15, 0.2) is 5.78 Å². The molecule has 1 fully saturated rings. The number of rotatable bonds is 13. The number of benzene rings is 1. The smallest absolute Gasteiger partial charge is 0.408 e. The van der Waals surface area contributed by atoms with E-state index in [0.29, 0.717) is 26.1 Å². The Labute approximate surface area is 222 Å². The van der Waals surface area contributed by atoms with Crippen molar-refractivity contribution in [1.29, 1.82) is 0 Å². The molecule has 1 saturated heterocycles. The Bertz CT molecular complexity index is 871. The van der Waals surface area contributed by atoms with Crippen LogP contribution in [0.4, 0.5) is 4.79 Å². The maximum absolute atomic E-state index is 13.3. The summed E-state index contributed by atoms with van der Waals surface area (Å²) in [5, 5.41) is 9.82. The van der Waals surface area contributed by atoms with Crippen molar-refractivity contribution in [3.8, 4) is 5.75 Å². The van der Waals surface area contributed by atoms with Gasteiger partial charge in [0.2, 0.25) is 5.91 Å². The summed E-state index contributed by atoms with van der Waals surface area (Å²) in [6.45, 7) is 15.6. The summed E-state index contributed by atoms with van der Waals surface area (Å²) >= 11 is 0. The molecule has 2 rings (SSSR count). The fourth-order valence-corrected chi connectivity index (χ4v) is 4.79. The lowest BCUT2D eigenvalue weighted by atomic mass is 9.95. The maximum Gasteiger partial charge on any atom is 0.408 e. The first-order valence-electron chi connectivity index (χ1n) is 13.7. The van der Waals surface area contributed by atoms with E-state index in [1.165, 1.54) is 4.90 Å². The van der Waals surface area contributed by atoms with Crippen LogP contribution in [0.5, 0.6) is 5.75 Å². The Morgan fingerprint density at radius 1 is 1.00 bits per heavy atom. The van der Waals surface area contributed by atoms with Crippen LogP contribution >= 0.6 is 0 Å². The van der Waals surface area contributed by atoms with Crippen molar-refractivity contribution in [2.24, 2.45) is 5.92 Å². The lowest BCUT2D eigenvalue weighted by molar-refractivity contribution is -0.141. The molecule has 0 saturated carbocycles. The lowest BCUT2D eigenvalue weighted by Crippen LogP contribution is -2.61. The van der Waals surface area contributed by atoms with E-state index < -0.39 is 17.7 Å². The molecule has 0 aliphatic carbocycles. The van der Waals surface area contributed by atoms with Crippen molar-refractivity contribution in [2.75, 3.05) is 39.3 Å². The fraction of sp³-hybridized carbons (Fsp3) is 0.690. The van der Waals surface area contributed by atoms with Crippen LogP contribution in [0.3, 0.4) is 0 Å². The zero-order valence-electron chi connectivity index (χ0n) is 23.7. The largest absolute Gasteiger partial charge is 0.494 e. The predicted octanol–water partition coefficient (Wildman–Crippen LogP) is 5.17. The van der Waals surface area contributed by atoms with E-state index in [1.54, 1.807) is 0 Å². The summed E-state index contributed by atoms with van der Waals surface area (Å²) < 4.78 is 5.86. The molecule has 1 aliphatic heterocycles. The van der Waals surface area contributed by atoms with Crippen LogP contribution in [0.15, 0.2) is 24.3 Å². The molecule has 1 aromatic carbocycles. The van der Waals surface area contributed by atoms with Gasteiger partial charge in [-0.2, -0.15) is 0 Å². The summed E-state index contributed by atoms with van der Waals surface area (Å²) in [5.74, 6) is 0.724. The second-order valence-electron chi connectivity index (χ2n) is 11.3. The molecule has 0 bridgehead atoms. The molecule has 0 spiro atoms. The van der Waals surface area contributed by atoms with Gasteiger partial charge in [-0.25, -0.2) is 4.79 Å². The lowest BCUT2D eigenvalue weighted by Gasteiger charge is -2.44. The van der Waals surface area contributed by atoms with Gasteiger partial charge >= 0.3 is 6.09 Å². The molecule has 0 aromatic heterocycles. The molecule has 1 atom stereocenters. The monoisotopic (exact) mass is 517 g/mol. The summed E-state index contributed by atoms with van der Waals surface area (Å²) in [4.78, 5) is 43.0. The molecule has 1 N–H and O–H groups in total. The Balaban J connectivity index is 1.77. The highest BCUT2D eigenvalue weighted by Crippen LogP contribution is 2.24. The third-order valence-corrected chi connectivity index (χ3v) is 6.85. The first-order valence-corrected chi connectivity index (χ1v) is 13.7. The predicted molar refractivity (Wildman–Crippen MR) is 146 cm³/mol. The number of nitrogens with zero attached hydrogens (tertiary/aromatic N) is 3. The fourth-order valence-electron chi connectivity index (χ4n) is 4.79. The maximum atomic E-state index is 13.3. The van der Waals surface area contributed by atoms with E-state index in [0.717, 1.165) is 56.6 Å². The number of ketones is 1. The molecule has 0 radical (unpaired) electrons. The number of carboxylic acid groups (broad SMARTS) is 1. The van der Waals surface area contributed by atoms with Crippen LogP contribution in [0.1, 0.15) is 84.0 Å². The number of unbranched alkanes of at least 4 members (excludes halogenated alkanes) is 2. The van der Waals surface area contributed by atoms with Crippen LogP contribution in [-0.4, -0.2) is 88.5 Å². The first-order chi connectivity index (χ1) is 17.5. The van der Waals surface area contributed by atoms with Gasteiger partial charge in [0.05, 0.1) is 6.61 Å². The highest BCUT2D eigenvalue weighted by atomic mass is 16.5. The molecule has 1 aromatic rings. The Morgan fingerprint density at radius 3 is 2.14 bits per heavy atom. The van der Waals surface area contributed by atoms with Crippen LogP contribution < -0.4 is 4.74 Å². The first kappa shape index (κ1) is 30.6. The van der Waals surface area contributed by atoms with Gasteiger partial charge in [-0.3, -0.25) is 19.4 Å². The van der Waals surface area contributed by atoms with Gasteiger partial charge in [0.1, 0.15) is 11.8 Å². The molecule has 37 heavy (non-hydrogen) atoms. The quantitative estimate of drug-likeness (QED) is 0.287. The third-order valence-electron chi connectivity index (χ3n) is 6.85. The topological polar surface area (TPSA) is 90.4 Å². The molecule has 8 heteroatoms. The van der Waals surface area contributed by atoms with Crippen LogP contribution in [0.2, 0.25) is 0 Å². The number of carbonyl (C=O) groups is 3. The summed E-state index contributed by atoms with van der Waals surface area (Å²) in [5.41, 5.74) is 0.0764. The average molecular weight is 518 g/mol. The summed E-state index contributed by atoms with van der Waals surface area (Å²) in [7, 11) is 0. The van der Waals surface area contributed by atoms with E-state index in [9.17, 15) is 19.5 Å². The zero-order valence-corrected chi connectivity index (χ0v) is 23.7. The van der Waals surface area contributed by atoms with Crippen molar-refractivity contribution in [2.45, 2.75) is 85.2 Å². The van der Waals surface area contributed by atoms with E-state index in [1.807, 2.05) is 63.8 Å². The van der Waals surface area contributed by atoms with E-state index >= 15 is 0 Å². The third kappa shape index (κ3) is 9.33. The van der Waals surface area contributed by atoms with Crippen molar-refractivity contribution in [3.05, 3.63) is 29.8 Å². The van der Waals surface area contributed by atoms with Crippen LogP contribution in [-0.2, 0) is 4.79 Å².